The Balaban J connectivity index is 1.36. The van der Waals surface area contributed by atoms with Crippen LogP contribution >= 0.6 is 0 Å². The molecule has 3 aromatic heterocycles. The zero-order valence-electron chi connectivity index (χ0n) is 17.0. The Kier molecular flexibility index (Phi) is 4.71. The molecule has 0 atom stereocenters. The number of carbonyl (C=O) groups is 1. The van der Waals surface area contributed by atoms with Crippen LogP contribution in [0.3, 0.4) is 0 Å². The van der Waals surface area contributed by atoms with E-state index in [4.69, 9.17) is 16.5 Å². The van der Waals surface area contributed by atoms with Crippen LogP contribution < -0.4 is 11.5 Å². The first kappa shape index (κ1) is 19.0. The van der Waals surface area contributed by atoms with Crippen LogP contribution in [0.15, 0.2) is 60.9 Å². The number of nitrogens with zero attached hydrogens (tertiary/aromatic N) is 4. The molecule has 0 aliphatic heterocycles. The number of amides is 1. The number of pyridine rings is 2. The Bertz CT molecular complexity index is 1440. The van der Waals surface area contributed by atoms with Gasteiger partial charge in [0.05, 0.1) is 28.4 Å². The fraction of sp³-hybridized carbons (Fsp3) is 0.167. The van der Waals surface area contributed by atoms with Crippen LogP contribution in [0.2, 0.25) is 0 Å². The largest absolute Gasteiger partial charge is 0.382 e. The Morgan fingerprint density at radius 2 is 1.65 bits per heavy atom. The minimum atomic E-state index is -0.428. The molecule has 2 aromatic carbocycles. The highest BCUT2D eigenvalue weighted by Crippen LogP contribution is 2.27. The number of benzene rings is 2. The number of para-hydroxylation sites is 2. The molecule has 0 saturated carbocycles. The van der Waals surface area contributed by atoms with Gasteiger partial charge < -0.3 is 16.0 Å². The number of imidazole rings is 1. The summed E-state index contributed by atoms with van der Waals surface area (Å²) in [5.74, 6) is 0.0228. The zero-order chi connectivity index (χ0) is 21.4. The minimum absolute atomic E-state index is 0.428. The first-order chi connectivity index (χ1) is 15.1. The molecular weight excluding hydrogens is 388 g/mol. The average Bonchev–Trinajstić information content (AvgIpc) is 3.21. The van der Waals surface area contributed by atoms with Crippen molar-refractivity contribution in [3.05, 3.63) is 72.2 Å². The van der Waals surface area contributed by atoms with Crippen LogP contribution in [0.4, 0.5) is 5.82 Å². The molecule has 0 aliphatic rings. The molecule has 1 amide bonds. The van der Waals surface area contributed by atoms with Gasteiger partial charge in [-0.15, -0.1) is 0 Å². The maximum atomic E-state index is 11.9. The summed E-state index contributed by atoms with van der Waals surface area (Å²) in [7, 11) is 0. The van der Waals surface area contributed by atoms with Crippen molar-refractivity contribution in [1.82, 2.24) is 19.5 Å². The van der Waals surface area contributed by atoms with Crippen LogP contribution in [-0.2, 0) is 13.0 Å². The number of aromatic nitrogens is 4. The third-order valence-electron chi connectivity index (χ3n) is 5.60. The maximum Gasteiger partial charge on any atom is 0.249 e. The number of carbonyl (C=O) groups excluding carboxylic acids is 1. The molecule has 7 heteroatoms. The van der Waals surface area contributed by atoms with E-state index in [1.165, 1.54) is 0 Å². The number of hydrogen-bond acceptors (Lipinski definition) is 5. The van der Waals surface area contributed by atoms with Crippen LogP contribution in [-0.4, -0.2) is 25.4 Å². The molecule has 154 valence electrons. The Morgan fingerprint density at radius 1 is 0.935 bits per heavy atom. The van der Waals surface area contributed by atoms with Crippen molar-refractivity contribution in [1.29, 1.82) is 0 Å². The van der Waals surface area contributed by atoms with Crippen molar-refractivity contribution in [2.24, 2.45) is 5.73 Å². The molecule has 0 spiro atoms. The summed E-state index contributed by atoms with van der Waals surface area (Å²) in [6.07, 6.45) is 4.45. The zero-order valence-corrected chi connectivity index (χ0v) is 17.0. The second kappa shape index (κ2) is 7.68. The van der Waals surface area contributed by atoms with E-state index in [0.29, 0.717) is 11.4 Å². The van der Waals surface area contributed by atoms with Crippen molar-refractivity contribution in [2.45, 2.75) is 25.8 Å². The van der Waals surface area contributed by atoms with Gasteiger partial charge in [-0.1, -0.05) is 36.4 Å². The van der Waals surface area contributed by atoms with Gasteiger partial charge in [-0.25, -0.2) is 9.97 Å². The van der Waals surface area contributed by atoms with Crippen LogP contribution in [0.1, 0.15) is 28.9 Å². The lowest BCUT2D eigenvalue weighted by Crippen LogP contribution is -2.12. The monoisotopic (exact) mass is 410 g/mol. The van der Waals surface area contributed by atoms with Gasteiger partial charge in [0.15, 0.2) is 5.82 Å². The lowest BCUT2D eigenvalue weighted by molar-refractivity contribution is 0.100. The lowest BCUT2D eigenvalue weighted by atomic mass is 10.0. The molecule has 0 bridgehead atoms. The van der Waals surface area contributed by atoms with Crippen molar-refractivity contribution in [3.8, 4) is 0 Å². The third-order valence-corrected chi connectivity index (χ3v) is 5.60. The molecule has 0 fully saturated rings. The normalized spacial score (nSPS) is 11.5. The second-order valence-electron chi connectivity index (χ2n) is 7.65. The number of fused-ring (bicyclic) bond motifs is 4. The van der Waals surface area contributed by atoms with Gasteiger partial charge in [0.25, 0.3) is 0 Å². The SMILES string of the molecule is NC(=O)c1cc(CCCCn2cnc3c(N)nc4ccccc4c32)nc2ccccc12. The Labute approximate surface area is 178 Å². The van der Waals surface area contributed by atoms with E-state index in [1.807, 2.05) is 60.9 Å². The molecule has 7 nitrogen and oxygen atoms in total. The number of aryl methyl sites for hydroxylation is 2. The van der Waals surface area contributed by atoms with Crippen molar-refractivity contribution < 1.29 is 4.79 Å². The summed E-state index contributed by atoms with van der Waals surface area (Å²) in [6.45, 7) is 0.806. The van der Waals surface area contributed by atoms with E-state index in [0.717, 1.165) is 64.3 Å². The second-order valence-corrected chi connectivity index (χ2v) is 7.65. The van der Waals surface area contributed by atoms with Crippen molar-refractivity contribution in [3.63, 3.8) is 0 Å². The van der Waals surface area contributed by atoms with Gasteiger partial charge in [-0.2, -0.15) is 0 Å². The lowest BCUT2D eigenvalue weighted by Gasteiger charge is -2.09. The van der Waals surface area contributed by atoms with Crippen LogP contribution in [0.5, 0.6) is 0 Å². The van der Waals surface area contributed by atoms with Crippen LogP contribution in [0.25, 0.3) is 32.8 Å². The molecule has 0 saturated heterocycles. The molecule has 3 heterocycles. The molecular formula is C24H22N6O. The molecule has 0 unspecified atom stereocenters. The number of nitrogens with two attached hydrogens (primary N) is 2. The molecule has 5 rings (SSSR count). The van der Waals surface area contributed by atoms with Crippen molar-refractivity contribution in [2.75, 3.05) is 5.73 Å². The molecule has 5 aromatic rings. The predicted octanol–water partition coefficient (Wildman–Crippen LogP) is 3.84. The highest BCUT2D eigenvalue weighted by molar-refractivity contribution is 6.06. The molecule has 31 heavy (non-hydrogen) atoms. The van der Waals surface area contributed by atoms with E-state index < -0.39 is 5.91 Å². The highest BCUT2D eigenvalue weighted by atomic mass is 16.1. The number of primary amides is 1. The molecule has 4 N–H and O–H groups in total. The highest BCUT2D eigenvalue weighted by Gasteiger charge is 2.13. The number of rotatable bonds is 6. The number of anilines is 1. The number of nitrogen functional groups attached to an aromatic ring is 1. The van der Waals surface area contributed by atoms with Crippen molar-refractivity contribution >= 4 is 44.6 Å². The van der Waals surface area contributed by atoms with Gasteiger partial charge in [0.1, 0.15) is 5.52 Å². The summed E-state index contributed by atoms with van der Waals surface area (Å²) < 4.78 is 2.14. The minimum Gasteiger partial charge on any atom is -0.382 e. The van der Waals surface area contributed by atoms with E-state index >= 15 is 0 Å². The number of hydrogen-bond donors (Lipinski definition) is 2. The van der Waals surface area contributed by atoms with Gasteiger partial charge in [-0.05, 0) is 37.5 Å². The van der Waals surface area contributed by atoms with Gasteiger partial charge >= 0.3 is 0 Å². The van der Waals surface area contributed by atoms with Crippen LogP contribution in [0, 0.1) is 0 Å². The van der Waals surface area contributed by atoms with Gasteiger partial charge in [0.2, 0.25) is 5.91 Å². The van der Waals surface area contributed by atoms with E-state index in [-0.39, 0.29) is 0 Å². The molecule has 0 radical (unpaired) electrons. The fourth-order valence-electron chi connectivity index (χ4n) is 4.13. The van der Waals surface area contributed by atoms with Gasteiger partial charge in [-0.3, -0.25) is 9.78 Å². The third kappa shape index (κ3) is 3.44. The summed E-state index contributed by atoms with van der Waals surface area (Å²) >= 11 is 0. The number of unbranched alkanes of at least 4 members (excludes halogenated alkanes) is 1. The summed E-state index contributed by atoms with van der Waals surface area (Å²) in [5, 5.41) is 1.84. The quantitative estimate of drug-likeness (QED) is 0.413. The van der Waals surface area contributed by atoms with E-state index in [2.05, 4.69) is 14.5 Å². The summed E-state index contributed by atoms with van der Waals surface area (Å²) in [5.41, 5.74) is 16.5. The standard InChI is InChI=1S/C24H22N6O/c25-23-21-22(17-9-2-4-11-20(17)29-23)30(14-27-21)12-6-5-7-15-13-18(24(26)31)16-8-1-3-10-19(16)28-15/h1-4,8-11,13-14H,5-7,12H2,(H2,25,29)(H2,26,31). The Hall–Kier alpha value is -4.00. The smallest absolute Gasteiger partial charge is 0.249 e. The van der Waals surface area contributed by atoms with Gasteiger partial charge in [0, 0.05) is 23.0 Å². The maximum absolute atomic E-state index is 11.9. The average molecular weight is 410 g/mol. The molecule has 0 aliphatic carbocycles. The summed E-state index contributed by atoms with van der Waals surface area (Å²) in [4.78, 5) is 25.5. The predicted molar refractivity (Wildman–Crippen MR) is 123 cm³/mol. The topological polar surface area (TPSA) is 113 Å². The fourth-order valence-corrected chi connectivity index (χ4v) is 4.13. The summed E-state index contributed by atoms with van der Waals surface area (Å²) in [6, 6.07) is 17.4. The Morgan fingerprint density at radius 3 is 2.42 bits per heavy atom. The van der Waals surface area contributed by atoms with E-state index in [1.54, 1.807) is 0 Å². The van der Waals surface area contributed by atoms with E-state index in [9.17, 15) is 4.79 Å². The first-order valence-corrected chi connectivity index (χ1v) is 10.3. The first-order valence-electron chi connectivity index (χ1n) is 10.3.